The lowest BCUT2D eigenvalue weighted by molar-refractivity contribution is 0.380. The van der Waals surface area contributed by atoms with Crippen molar-refractivity contribution >= 4 is 23.1 Å². The van der Waals surface area contributed by atoms with Crippen molar-refractivity contribution < 1.29 is 0 Å². The second kappa shape index (κ2) is 8.02. The lowest BCUT2D eigenvalue weighted by atomic mass is 9.97. The Bertz CT molecular complexity index is 503. The van der Waals surface area contributed by atoms with Gasteiger partial charge in [0.15, 0.2) is 0 Å². The van der Waals surface area contributed by atoms with E-state index in [4.69, 9.17) is 0 Å². The number of thioether (sulfide) groups is 1. The second-order valence-corrected chi connectivity index (χ2v) is 7.80. The minimum absolute atomic E-state index is 0.573. The van der Waals surface area contributed by atoms with Gasteiger partial charge in [-0.25, -0.2) is 0 Å². The van der Waals surface area contributed by atoms with Gasteiger partial charge >= 0.3 is 0 Å². The molecule has 0 amide bonds. The highest BCUT2D eigenvalue weighted by molar-refractivity contribution is 7.99. The van der Waals surface area contributed by atoms with Gasteiger partial charge < -0.3 is 5.32 Å². The van der Waals surface area contributed by atoms with Crippen molar-refractivity contribution in [1.29, 1.82) is 0 Å². The van der Waals surface area contributed by atoms with Gasteiger partial charge in [0.1, 0.15) is 0 Å². The summed E-state index contributed by atoms with van der Waals surface area (Å²) in [6, 6.07) is 15.7. The van der Waals surface area contributed by atoms with Crippen LogP contribution in [-0.4, -0.2) is 12.3 Å². The van der Waals surface area contributed by atoms with Gasteiger partial charge in [-0.3, -0.25) is 0 Å². The van der Waals surface area contributed by atoms with Crippen LogP contribution in [0.2, 0.25) is 0 Å². The van der Waals surface area contributed by atoms with Crippen molar-refractivity contribution in [3.63, 3.8) is 0 Å². The fourth-order valence-electron chi connectivity index (χ4n) is 3.16. The van der Waals surface area contributed by atoms with Crippen molar-refractivity contribution in [1.82, 2.24) is 5.32 Å². The van der Waals surface area contributed by atoms with Crippen LogP contribution in [0.15, 0.2) is 52.7 Å². The first kappa shape index (κ1) is 15.1. The smallest absolute Gasteiger partial charge is 0.0443 e. The summed E-state index contributed by atoms with van der Waals surface area (Å²) in [5, 5.41) is 6.03. The summed E-state index contributed by atoms with van der Waals surface area (Å²) >= 11 is 3.85. The summed E-state index contributed by atoms with van der Waals surface area (Å²) in [4.78, 5) is 2.89. The van der Waals surface area contributed by atoms with Crippen LogP contribution >= 0.6 is 23.1 Å². The van der Waals surface area contributed by atoms with E-state index in [1.54, 1.807) is 0 Å². The molecule has 1 aliphatic rings. The van der Waals surface area contributed by atoms with Crippen LogP contribution in [0.4, 0.5) is 0 Å². The largest absolute Gasteiger partial charge is 0.308 e. The zero-order chi connectivity index (χ0) is 14.3. The Hall–Kier alpha value is -0.770. The van der Waals surface area contributed by atoms with Crippen LogP contribution in [-0.2, 0) is 0 Å². The zero-order valence-corrected chi connectivity index (χ0v) is 14.0. The minimum atomic E-state index is 0.573. The van der Waals surface area contributed by atoms with Gasteiger partial charge in [-0.2, -0.15) is 0 Å². The van der Waals surface area contributed by atoms with E-state index in [0.29, 0.717) is 6.04 Å². The van der Waals surface area contributed by atoms with Crippen LogP contribution in [0, 0.1) is 5.92 Å². The molecular weight excluding hydrogens is 294 g/mol. The molecule has 0 saturated heterocycles. The van der Waals surface area contributed by atoms with E-state index in [1.807, 2.05) is 23.1 Å². The molecule has 1 aromatic carbocycles. The normalized spacial score (nSPS) is 17.1. The second-order valence-electron chi connectivity index (χ2n) is 5.65. The van der Waals surface area contributed by atoms with Gasteiger partial charge in [-0.05, 0) is 42.3 Å². The minimum Gasteiger partial charge on any atom is -0.308 e. The number of hydrogen-bond acceptors (Lipinski definition) is 3. The Morgan fingerprint density at radius 3 is 2.62 bits per heavy atom. The standard InChI is InChI=1S/C18H23NS2/c1-2-9-16(10-3-1)20-14-12-19-18(15-7-4-5-8-15)17-11-6-13-21-17/h1-3,6,9-11,13,15,18-19H,4-5,7-8,12,14H2. The van der Waals surface area contributed by atoms with E-state index in [1.165, 1.54) is 35.5 Å². The molecule has 3 heteroatoms. The van der Waals surface area contributed by atoms with Crippen molar-refractivity contribution in [2.24, 2.45) is 5.92 Å². The topological polar surface area (TPSA) is 12.0 Å². The SMILES string of the molecule is c1ccc(SCCNC(c2cccs2)C2CCCC2)cc1. The lowest BCUT2D eigenvalue weighted by Crippen LogP contribution is -2.28. The van der Waals surface area contributed by atoms with E-state index in [9.17, 15) is 0 Å². The predicted octanol–water partition coefficient (Wildman–Crippen LogP) is 5.36. The highest BCUT2D eigenvalue weighted by atomic mass is 32.2. The number of nitrogens with one attached hydrogen (secondary N) is 1. The third-order valence-corrected chi connectivity index (χ3v) is 6.17. The van der Waals surface area contributed by atoms with Gasteiger partial charge in [0.2, 0.25) is 0 Å². The molecule has 0 aliphatic heterocycles. The Balaban J connectivity index is 1.50. The average molecular weight is 318 g/mol. The summed E-state index contributed by atoms with van der Waals surface area (Å²) < 4.78 is 0. The highest BCUT2D eigenvalue weighted by Crippen LogP contribution is 2.37. The maximum atomic E-state index is 3.82. The summed E-state index contributed by atoms with van der Waals surface area (Å²) in [5.41, 5.74) is 0. The fraction of sp³-hybridized carbons (Fsp3) is 0.444. The first-order chi connectivity index (χ1) is 10.4. The number of rotatable bonds is 7. The third kappa shape index (κ3) is 4.35. The quantitative estimate of drug-likeness (QED) is 0.545. The van der Waals surface area contributed by atoms with Gasteiger partial charge in [0, 0.05) is 28.1 Å². The average Bonchev–Trinajstić information content (AvgIpc) is 3.22. The molecule has 0 bridgehead atoms. The van der Waals surface area contributed by atoms with Gasteiger partial charge in [0.25, 0.3) is 0 Å². The molecule has 0 radical (unpaired) electrons. The van der Waals surface area contributed by atoms with E-state index in [-0.39, 0.29) is 0 Å². The molecule has 3 rings (SSSR count). The molecule has 112 valence electrons. The van der Waals surface area contributed by atoms with Crippen molar-refractivity contribution in [2.75, 3.05) is 12.3 Å². The van der Waals surface area contributed by atoms with Crippen LogP contribution in [0.3, 0.4) is 0 Å². The van der Waals surface area contributed by atoms with E-state index >= 15 is 0 Å². The monoisotopic (exact) mass is 317 g/mol. The Labute approximate surface area is 136 Å². The van der Waals surface area contributed by atoms with Crippen molar-refractivity contribution in [3.05, 3.63) is 52.7 Å². The van der Waals surface area contributed by atoms with Gasteiger partial charge in [-0.15, -0.1) is 23.1 Å². The Kier molecular flexibility index (Phi) is 5.78. The maximum Gasteiger partial charge on any atom is 0.0443 e. The van der Waals surface area contributed by atoms with Crippen LogP contribution in [0.5, 0.6) is 0 Å². The molecule has 1 nitrogen and oxygen atoms in total. The Morgan fingerprint density at radius 2 is 1.90 bits per heavy atom. The van der Waals surface area contributed by atoms with Crippen LogP contribution < -0.4 is 5.32 Å². The number of thiophene rings is 1. The predicted molar refractivity (Wildman–Crippen MR) is 94.2 cm³/mol. The molecule has 0 spiro atoms. The molecular formula is C18H23NS2. The summed E-state index contributed by atoms with van der Waals surface area (Å²) in [5.74, 6) is 1.98. The van der Waals surface area contributed by atoms with Crippen LogP contribution in [0.25, 0.3) is 0 Å². The summed E-state index contributed by atoms with van der Waals surface area (Å²) in [7, 11) is 0. The van der Waals surface area contributed by atoms with E-state index in [2.05, 4.69) is 53.2 Å². The lowest BCUT2D eigenvalue weighted by Gasteiger charge is -2.23. The maximum absolute atomic E-state index is 3.82. The molecule has 1 fully saturated rings. The van der Waals surface area contributed by atoms with Gasteiger partial charge in [-0.1, -0.05) is 37.1 Å². The highest BCUT2D eigenvalue weighted by Gasteiger charge is 2.26. The molecule has 1 N–H and O–H groups in total. The number of benzene rings is 1. The molecule has 1 aromatic heterocycles. The first-order valence-electron chi connectivity index (χ1n) is 7.88. The summed E-state index contributed by atoms with van der Waals surface area (Å²) in [6.45, 7) is 1.08. The molecule has 2 aromatic rings. The van der Waals surface area contributed by atoms with Gasteiger partial charge in [0.05, 0.1) is 0 Å². The molecule has 1 unspecified atom stereocenters. The van der Waals surface area contributed by atoms with Crippen molar-refractivity contribution in [3.8, 4) is 0 Å². The number of hydrogen-bond donors (Lipinski definition) is 1. The molecule has 1 atom stereocenters. The van der Waals surface area contributed by atoms with Crippen LogP contribution in [0.1, 0.15) is 36.6 Å². The zero-order valence-electron chi connectivity index (χ0n) is 12.3. The van der Waals surface area contributed by atoms with E-state index in [0.717, 1.165) is 18.2 Å². The first-order valence-corrected chi connectivity index (χ1v) is 9.74. The third-order valence-electron chi connectivity index (χ3n) is 4.20. The molecule has 1 saturated carbocycles. The Morgan fingerprint density at radius 1 is 1.10 bits per heavy atom. The molecule has 1 heterocycles. The molecule has 21 heavy (non-hydrogen) atoms. The molecule has 1 aliphatic carbocycles. The van der Waals surface area contributed by atoms with E-state index < -0.39 is 0 Å². The summed E-state index contributed by atoms with van der Waals surface area (Å²) in [6.07, 6.45) is 5.60. The van der Waals surface area contributed by atoms with Crippen molar-refractivity contribution in [2.45, 2.75) is 36.6 Å². The fourth-order valence-corrected chi connectivity index (χ4v) is 4.86.